The fourth-order valence-corrected chi connectivity index (χ4v) is 3.84. The molecular formula is C19H25N7OS. The average molecular weight is 400 g/mol. The van der Waals surface area contributed by atoms with Crippen LogP contribution in [0.4, 0.5) is 5.82 Å². The maximum absolute atomic E-state index is 5.89. The second-order valence-electron chi connectivity index (χ2n) is 7.16. The predicted molar refractivity (Wildman–Crippen MR) is 109 cm³/mol. The van der Waals surface area contributed by atoms with Crippen molar-refractivity contribution >= 4 is 17.2 Å². The van der Waals surface area contributed by atoms with Crippen molar-refractivity contribution in [1.29, 1.82) is 0 Å². The SMILES string of the molecule is Cc1nc(NCc2nnc(C)s2)cc(OCCC2CC2C=C2C=CN(C)N2)n1. The molecule has 0 saturated heterocycles. The van der Waals surface area contributed by atoms with Crippen LogP contribution in [-0.4, -0.2) is 38.8 Å². The topological polar surface area (TPSA) is 88.1 Å². The van der Waals surface area contributed by atoms with Crippen LogP contribution in [0.15, 0.2) is 30.1 Å². The minimum absolute atomic E-state index is 0.595. The normalized spacial score (nSPS) is 21.8. The first-order valence-corrected chi connectivity index (χ1v) is 10.3. The summed E-state index contributed by atoms with van der Waals surface area (Å²) in [7, 11) is 2.00. The monoisotopic (exact) mass is 399 g/mol. The molecule has 2 unspecified atom stereocenters. The standard InChI is InChI=1S/C19H25N7OS/c1-12-21-17(20-11-19-24-23-13(2)28-19)10-18(22-12)27-7-5-14-8-15(14)9-16-4-6-26(3)25-16/h4,6,9-10,14-15,25H,5,7-8,11H2,1-3H3,(H,20,21,22). The Kier molecular flexibility index (Phi) is 5.43. The zero-order valence-electron chi connectivity index (χ0n) is 16.3. The van der Waals surface area contributed by atoms with Crippen molar-refractivity contribution < 1.29 is 4.74 Å². The molecule has 8 nitrogen and oxygen atoms in total. The maximum Gasteiger partial charge on any atom is 0.218 e. The van der Waals surface area contributed by atoms with Crippen LogP contribution in [0.25, 0.3) is 0 Å². The smallest absolute Gasteiger partial charge is 0.218 e. The summed E-state index contributed by atoms with van der Waals surface area (Å²) in [6, 6.07) is 1.84. The van der Waals surface area contributed by atoms with Crippen LogP contribution in [0.1, 0.15) is 28.7 Å². The highest BCUT2D eigenvalue weighted by atomic mass is 32.1. The second kappa shape index (κ2) is 8.14. The largest absolute Gasteiger partial charge is 0.478 e. The average Bonchev–Trinajstić information content (AvgIpc) is 3.02. The van der Waals surface area contributed by atoms with E-state index < -0.39 is 0 Å². The molecule has 1 aliphatic carbocycles. The molecule has 3 heterocycles. The molecule has 0 amide bonds. The van der Waals surface area contributed by atoms with E-state index in [1.807, 2.05) is 38.2 Å². The summed E-state index contributed by atoms with van der Waals surface area (Å²) in [4.78, 5) is 8.80. The van der Waals surface area contributed by atoms with Crippen LogP contribution in [0.2, 0.25) is 0 Å². The van der Waals surface area contributed by atoms with Crippen LogP contribution in [0.3, 0.4) is 0 Å². The van der Waals surface area contributed by atoms with Crippen LogP contribution >= 0.6 is 11.3 Å². The second-order valence-corrected chi connectivity index (χ2v) is 8.43. The summed E-state index contributed by atoms with van der Waals surface area (Å²) in [5, 5.41) is 15.3. The van der Waals surface area contributed by atoms with Gasteiger partial charge in [-0.15, -0.1) is 10.2 Å². The molecule has 2 atom stereocenters. The van der Waals surface area contributed by atoms with Crippen molar-refractivity contribution in [3.05, 3.63) is 46.0 Å². The molecule has 2 N–H and O–H groups in total. The predicted octanol–water partition coefficient (Wildman–Crippen LogP) is 2.81. The molecule has 148 valence electrons. The molecule has 0 bridgehead atoms. The molecule has 2 aliphatic rings. The van der Waals surface area contributed by atoms with Crippen molar-refractivity contribution in [2.45, 2.75) is 33.2 Å². The highest BCUT2D eigenvalue weighted by Gasteiger charge is 2.35. The first kappa shape index (κ1) is 18.7. The lowest BCUT2D eigenvalue weighted by Crippen LogP contribution is -2.22. The van der Waals surface area contributed by atoms with Crippen molar-refractivity contribution in [1.82, 2.24) is 30.6 Å². The summed E-state index contributed by atoms with van der Waals surface area (Å²) in [5.41, 5.74) is 4.47. The summed E-state index contributed by atoms with van der Waals surface area (Å²) in [6.45, 7) is 5.08. The van der Waals surface area contributed by atoms with E-state index in [0.29, 0.717) is 36.7 Å². The van der Waals surface area contributed by atoms with E-state index in [2.05, 4.69) is 43.1 Å². The fourth-order valence-electron chi connectivity index (χ4n) is 3.20. The number of hydrogen-bond donors (Lipinski definition) is 2. The number of hydrazine groups is 1. The van der Waals surface area contributed by atoms with Gasteiger partial charge in [0.2, 0.25) is 5.88 Å². The zero-order chi connectivity index (χ0) is 19.5. The number of nitrogens with one attached hydrogen (secondary N) is 2. The number of hydrogen-bond acceptors (Lipinski definition) is 9. The van der Waals surface area contributed by atoms with Gasteiger partial charge >= 0.3 is 0 Å². The van der Waals surface area contributed by atoms with E-state index in [9.17, 15) is 0 Å². The number of allylic oxidation sites excluding steroid dienone is 2. The number of aromatic nitrogens is 4. The van der Waals surface area contributed by atoms with Gasteiger partial charge in [-0.05, 0) is 44.6 Å². The van der Waals surface area contributed by atoms with Gasteiger partial charge in [0, 0.05) is 19.3 Å². The highest BCUT2D eigenvalue weighted by Crippen LogP contribution is 2.43. The molecule has 2 aromatic rings. The Morgan fingerprint density at radius 3 is 3.00 bits per heavy atom. The summed E-state index contributed by atoms with van der Waals surface area (Å²) in [5.74, 6) is 3.37. The van der Waals surface area contributed by atoms with Gasteiger partial charge < -0.3 is 10.1 Å². The van der Waals surface area contributed by atoms with Crippen LogP contribution in [-0.2, 0) is 6.54 Å². The molecule has 1 aliphatic heterocycles. The van der Waals surface area contributed by atoms with Gasteiger partial charge in [-0.1, -0.05) is 17.4 Å². The molecule has 0 spiro atoms. The Balaban J connectivity index is 1.24. The third-order valence-corrected chi connectivity index (χ3v) is 5.53. The van der Waals surface area contributed by atoms with Gasteiger partial charge in [0.1, 0.15) is 21.7 Å². The van der Waals surface area contributed by atoms with E-state index in [1.165, 1.54) is 12.1 Å². The van der Waals surface area contributed by atoms with Gasteiger partial charge in [-0.3, -0.25) is 10.4 Å². The minimum atomic E-state index is 0.595. The van der Waals surface area contributed by atoms with Gasteiger partial charge in [0.05, 0.1) is 18.8 Å². The minimum Gasteiger partial charge on any atom is -0.478 e. The van der Waals surface area contributed by atoms with Crippen molar-refractivity contribution in [3.63, 3.8) is 0 Å². The van der Waals surface area contributed by atoms with E-state index in [4.69, 9.17) is 4.74 Å². The van der Waals surface area contributed by atoms with E-state index in [-0.39, 0.29) is 0 Å². The molecular weight excluding hydrogens is 374 g/mol. The molecule has 0 aromatic carbocycles. The van der Waals surface area contributed by atoms with Crippen molar-refractivity contribution in [2.75, 3.05) is 19.0 Å². The van der Waals surface area contributed by atoms with Crippen LogP contribution in [0.5, 0.6) is 5.88 Å². The van der Waals surface area contributed by atoms with Crippen molar-refractivity contribution in [3.8, 4) is 5.88 Å². The Hall–Kier alpha value is -2.68. The number of ether oxygens (including phenoxy) is 1. The summed E-state index contributed by atoms with van der Waals surface area (Å²) >= 11 is 1.58. The lowest BCUT2D eigenvalue weighted by atomic mass is 10.2. The van der Waals surface area contributed by atoms with Gasteiger partial charge in [0.15, 0.2) is 0 Å². The zero-order valence-corrected chi connectivity index (χ0v) is 17.2. The highest BCUT2D eigenvalue weighted by molar-refractivity contribution is 7.11. The third kappa shape index (κ3) is 4.98. The third-order valence-electron chi connectivity index (χ3n) is 4.70. The number of aryl methyl sites for hydroxylation is 2. The molecule has 1 fully saturated rings. The molecule has 28 heavy (non-hydrogen) atoms. The van der Waals surface area contributed by atoms with Gasteiger partial charge in [0.25, 0.3) is 0 Å². The Bertz CT molecular complexity index is 894. The number of anilines is 1. The first-order valence-electron chi connectivity index (χ1n) is 9.46. The lowest BCUT2D eigenvalue weighted by Gasteiger charge is -2.10. The quantitative estimate of drug-likeness (QED) is 0.701. The summed E-state index contributed by atoms with van der Waals surface area (Å²) < 4.78 is 5.89. The maximum atomic E-state index is 5.89. The van der Waals surface area contributed by atoms with Crippen LogP contribution < -0.4 is 15.5 Å². The number of rotatable bonds is 8. The lowest BCUT2D eigenvalue weighted by molar-refractivity contribution is 0.288. The molecule has 1 saturated carbocycles. The number of nitrogens with zero attached hydrogens (tertiary/aromatic N) is 5. The summed E-state index contributed by atoms with van der Waals surface area (Å²) in [6.07, 6.45) is 8.71. The molecule has 4 rings (SSSR count). The van der Waals surface area contributed by atoms with Gasteiger partial charge in [-0.25, -0.2) is 4.98 Å². The van der Waals surface area contributed by atoms with Gasteiger partial charge in [-0.2, -0.15) is 4.98 Å². The first-order chi connectivity index (χ1) is 13.5. The van der Waals surface area contributed by atoms with E-state index >= 15 is 0 Å². The molecule has 9 heteroatoms. The Morgan fingerprint density at radius 2 is 2.25 bits per heavy atom. The Morgan fingerprint density at radius 1 is 1.36 bits per heavy atom. The van der Waals surface area contributed by atoms with E-state index in [0.717, 1.165) is 22.3 Å². The van der Waals surface area contributed by atoms with Crippen LogP contribution in [0, 0.1) is 25.7 Å². The fraction of sp³-hybridized carbons (Fsp3) is 0.474. The Labute approximate surface area is 168 Å². The van der Waals surface area contributed by atoms with E-state index in [1.54, 1.807) is 11.3 Å². The van der Waals surface area contributed by atoms with Crippen molar-refractivity contribution in [2.24, 2.45) is 11.8 Å². The molecule has 2 aromatic heterocycles. The molecule has 0 radical (unpaired) electrons.